The van der Waals surface area contributed by atoms with Crippen molar-refractivity contribution in [1.82, 2.24) is 0 Å². The van der Waals surface area contributed by atoms with Gasteiger partial charge in [0.2, 0.25) is 0 Å². The lowest BCUT2D eigenvalue weighted by Crippen LogP contribution is -2.50. The third-order valence-corrected chi connectivity index (χ3v) is 4.27. The van der Waals surface area contributed by atoms with Crippen LogP contribution < -0.4 is 0 Å². The molecule has 1 fully saturated rings. The summed E-state index contributed by atoms with van der Waals surface area (Å²) in [7, 11) is 0. The van der Waals surface area contributed by atoms with Gasteiger partial charge in [0.15, 0.2) is 0 Å². The van der Waals surface area contributed by atoms with Gasteiger partial charge in [-0.1, -0.05) is 35.0 Å². The molecule has 84 valence electrons. The Morgan fingerprint density at radius 2 is 2.27 bits per heavy atom. The average Bonchev–Trinajstić information content (AvgIpc) is 2.69. The summed E-state index contributed by atoms with van der Waals surface area (Å²) in [5.41, 5.74) is -0.309. The van der Waals surface area contributed by atoms with Gasteiger partial charge in [0.1, 0.15) is 5.78 Å². The number of fused-ring (bicyclic) bond motifs is 2. The summed E-state index contributed by atoms with van der Waals surface area (Å²) in [6.07, 6.45) is 6.08. The minimum atomic E-state index is -0.309. The van der Waals surface area contributed by atoms with Crippen LogP contribution in [0.5, 0.6) is 0 Å². The maximum Gasteiger partial charge on any atom is 0.147 e. The minimum absolute atomic E-state index is 0.00486. The van der Waals surface area contributed by atoms with Gasteiger partial charge in [0.05, 0.1) is 17.6 Å². The molecule has 3 heteroatoms. The number of ether oxygens (including phenoxy) is 1. The highest BCUT2D eigenvalue weighted by molar-refractivity contribution is 9.09. The molecule has 0 aromatic carbocycles. The molecule has 0 spiro atoms. The Balaban J connectivity index is 2.21. The lowest BCUT2D eigenvalue weighted by atomic mass is 9.71. The van der Waals surface area contributed by atoms with Crippen LogP contribution in [-0.2, 0) is 9.53 Å². The predicted molar refractivity (Wildman–Crippen MR) is 63.1 cm³/mol. The van der Waals surface area contributed by atoms with Crippen molar-refractivity contribution in [2.75, 3.05) is 5.33 Å². The van der Waals surface area contributed by atoms with E-state index in [4.69, 9.17) is 4.74 Å². The molecule has 2 heterocycles. The van der Waals surface area contributed by atoms with Crippen LogP contribution in [0.15, 0.2) is 12.2 Å². The number of hydrogen-bond donors (Lipinski definition) is 0. The maximum atomic E-state index is 12.3. The highest BCUT2D eigenvalue weighted by Gasteiger charge is 2.51. The van der Waals surface area contributed by atoms with Gasteiger partial charge in [-0.05, 0) is 19.8 Å². The predicted octanol–water partition coefficient (Wildman–Crippen LogP) is 2.71. The van der Waals surface area contributed by atoms with E-state index in [2.05, 4.69) is 22.0 Å². The van der Waals surface area contributed by atoms with E-state index in [-0.39, 0.29) is 23.5 Å². The van der Waals surface area contributed by atoms with Crippen LogP contribution in [0.2, 0.25) is 0 Å². The van der Waals surface area contributed by atoms with E-state index in [9.17, 15) is 4.79 Å². The summed E-state index contributed by atoms with van der Waals surface area (Å²) in [5, 5.41) is 0.949. The zero-order chi connectivity index (χ0) is 11.1. The Morgan fingerprint density at radius 3 is 2.93 bits per heavy atom. The van der Waals surface area contributed by atoms with Crippen molar-refractivity contribution in [2.24, 2.45) is 11.3 Å². The highest BCUT2D eigenvalue weighted by Crippen LogP contribution is 2.44. The van der Waals surface area contributed by atoms with Crippen molar-refractivity contribution in [3.8, 4) is 0 Å². The fraction of sp³-hybridized carbons (Fsp3) is 0.750. The van der Waals surface area contributed by atoms with Gasteiger partial charge in [0.25, 0.3) is 0 Å². The Kier molecular flexibility index (Phi) is 3.04. The molecule has 0 aromatic heterocycles. The number of halogens is 1. The van der Waals surface area contributed by atoms with Gasteiger partial charge >= 0.3 is 0 Å². The molecule has 4 atom stereocenters. The van der Waals surface area contributed by atoms with E-state index in [1.54, 1.807) is 0 Å². The lowest BCUT2D eigenvalue weighted by molar-refractivity contribution is -0.157. The van der Waals surface area contributed by atoms with Gasteiger partial charge in [0, 0.05) is 11.2 Å². The molecule has 2 rings (SSSR count). The number of Topliss-reactive ketones (excluding diaryl/α,β-unsaturated/α-hetero) is 1. The van der Waals surface area contributed by atoms with Crippen LogP contribution in [0.25, 0.3) is 0 Å². The third-order valence-electron chi connectivity index (χ3n) is 3.71. The van der Waals surface area contributed by atoms with Gasteiger partial charge in [-0.25, -0.2) is 0 Å². The summed E-state index contributed by atoms with van der Waals surface area (Å²) in [6, 6.07) is 0. The van der Waals surface area contributed by atoms with E-state index in [1.807, 2.05) is 19.9 Å². The summed E-state index contributed by atoms with van der Waals surface area (Å²) in [4.78, 5) is 12.3. The minimum Gasteiger partial charge on any atom is -0.365 e. The van der Waals surface area contributed by atoms with Crippen molar-refractivity contribution >= 4 is 21.7 Å². The zero-order valence-electron chi connectivity index (χ0n) is 9.20. The number of ketones is 1. The molecule has 0 radical (unpaired) electrons. The van der Waals surface area contributed by atoms with E-state index in [1.165, 1.54) is 0 Å². The first-order chi connectivity index (χ1) is 7.09. The Labute approximate surface area is 99.2 Å². The standard InChI is InChI=1S/C12H17BrO2/c1-8-9-4-5-10(15-9)12(2,11(8)14)6-3-7-13/h4-5,8-10H,3,6-7H2,1-2H3/t8-,9+,10-,12-/m0/s1. The SMILES string of the molecule is C[C@@H]1C(=O)[C@@](C)(CCCBr)[C@@H]2C=C[C@H]1O2. The molecule has 15 heavy (non-hydrogen) atoms. The molecule has 0 aromatic rings. The van der Waals surface area contributed by atoms with E-state index < -0.39 is 0 Å². The fourth-order valence-corrected chi connectivity index (χ4v) is 2.91. The van der Waals surface area contributed by atoms with Gasteiger partial charge in [-0.3, -0.25) is 4.79 Å². The quantitative estimate of drug-likeness (QED) is 0.583. The smallest absolute Gasteiger partial charge is 0.147 e. The van der Waals surface area contributed by atoms with Crippen LogP contribution in [0, 0.1) is 11.3 Å². The Hall–Kier alpha value is -0.150. The first-order valence-corrected chi connectivity index (χ1v) is 6.66. The molecule has 0 N–H and O–H groups in total. The first-order valence-electron chi connectivity index (χ1n) is 5.53. The summed E-state index contributed by atoms with van der Waals surface area (Å²) >= 11 is 3.42. The maximum absolute atomic E-state index is 12.3. The molecular formula is C12H17BrO2. The molecule has 0 unspecified atom stereocenters. The molecule has 2 nitrogen and oxygen atoms in total. The van der Waals surface area contributed by atoms with Gasteiger partial charge < -0.3 is 4.74 Å². The zero-order valence-corrected chi connectivity index (χ0v) is 10.8. The second-order valence-corrected chi connectivity index (χ2v) is 5.56. The van der Waals surface area contributed by atoms with Crippen LogP contribution in [0.1, 0.15) is 26.7 Å². The monoisotopic (exact) mass is 272 g/mol. The van der Waals surface area contributed by atoms with Crippen molar-refractivity contribution in [1.29, 1.82) is 0 Å². The Bertz CT molecular complexity index is 300. The van der Waals surface area contributed by atoms with Gasteiger partial charge in [-0.15, -0.1) is 0 Å². The molecule has 2 aliphatic heterocycles. The molecule has 0 saturated carbocycles. The van der Waals surface area contributed by atoms with Crippen molar-refractivity contribution in [2.45, 2.75) is 38.9 Å². The normalized spacial score (nSPS) is 43.7. The number of hydrogen-bond acceptors (Lipinski definition) is 2. The molecule has 1 saturated heterocycles. The third kappa shape index (κ3) is 1.70. The average molecular weight is 273 g/mol. The molecule has 2 bridgehead atoms. The van der Waals surface area contributed by atoms with E-state index in [0.29, 0.717) is 5.78 Å². The summed E-state index contributed by atoms with van der Waals surface area (Å²) < 4.78 is 5.85. The second kappa shape index (κ2) is 4.02. The fourth-order valence-electron chi connectivity index (χ4n) is 2.63. The largest absolute Gasteiger partial charge is 0.365 e. The summed E-state index contributed by atoms with van der Waals surface area (Å²) in [5.74, 6) is 0.384. The second-order valence-electron chi connectivity index (χ2n) is 4.77. The van der Waals surface area contributed by atoms with Crippen LogP contribution in [0.4, 0.5) is 0 Å². The topological polar surface area (TPSA) is 26.3 Å². The van der Waals surface area contributed by atoms with Crippen molar-refractivity contribution < 1.29 is 9.53 Å². The number of carbonyl (C=O) groups is 1. The van der Waals surface area contributed by atoms with Crippen molar-refractivity contribution in [3.05, 3.63) is 12.2 Å². The van der Waals surface area contributed by atoms with Crippen LogP contribution >= 0.6 is 15.9 Å². The van der Waals surface area contributed by atoms with E-state index in [0.717, 1.165) is 18.2 Å². The Morgan fingerprint density at radius 1 is 1.53 bits per heavy atom. The lowest BCUT2D eigenvalue weighted by Gasteiger charge is -2.41. The number of alkyl halides is 1. The van der Waals surface area contributed by atoms with Gasteiger partial charge in [-0.2, -0.15) is 0 Å². The molecule has 0 aliphatic carbocycles. The van der Waals surface area contributed by atoms with Crippen molar-refractivity contribution in [3.63, 3.8) is 0 Å². The van der Waals surface area contributed by atoms with Crippen LogP contribution in [0.3, 0.4) is 0 Å². The number of rotatable bonds is 3. The molecular weight excluding hydrogens is 256 g/mol. The van der Waals surface area contributed by atoms with Crippen LogP contribution in [-0.4, -0.2) is 23.3 Å². The summed E-state index contributed by atoms with van der Waals surface area (Å²) in [6.45, 7) is 4.02. The molecule has 2 aliphatic rings. The first kappa shape index (κ1) is 11.3. The molecule has 0 amide bonds. The highest BCUT2D eigenvalue weighted by atomic mass is 79.9. The number of carbonyl (C=O) groups excluding carboxylic acids is 1. The van der Waals surface area contributed by atoms with E-state index >= 15 is 0 Å².